The molecule has 2 bridgehead atoms. The van der Waals surface area contributed by atoms with E-state index in [2.05, 4.69) is 29.2 Å². The lowest BCUT2D eigenvalue weighted by Crippen LogP contribution is -2.48. The molecule has 1 aromatic carbocycles. The monoisotopic (exact) mass is 449 g/mol. The van der Waals surface area contributed by atoms with E-state index in [4.69, 9.17) is 4.74 Å². The molecule has 1 aromatic rings. The number of carbonyl (C=O) groups excluding carboxylic acids is 1. The van der Waals surface area contributed by atoms with Gasteiger partial charge in [-0.3, -0.25) is 0 Å². The maximum absolute atomic E-state index is 12.7. The third-order valence-electron chi connectivity index (χ3n) is 6.77. The Kier molecular flexibility index (Phi) is 5.98. The average Bonchev–Trinajstić information content (AvgIpc) is 2.96. The number of hydrogen-bond donors (Lipinski definition) is 0. The molecule has 3 fully saturated rings. The van der Waals surface area contributed by atoms with E-state index in [0.29, 0.717) is 32.1 Å². The van der Waals surface area contributed by atoms with E-state index in [-0.39, 0.29) is 18.2 Å². The number of benzene rings is 1. The molecule has 3 aliphatic rings. The molecule has 31 heavy (non-hydrogen) atoms. The van der Waals surface area contributed by atoms with E-state index in [1.165, 1.54) is 11.8 Å². The van der Waals surface area contributed by atoms with Crippen molar-refractivity contribution in [2.45, 2.75) is 70.1 Å². The molecule has 0 aliphatic carbocycles. The van der Waals surface area contributed by atoms with Gasteiger partial charge in [-0.25, -0.2) is 13.2 Å². The zero-order valence-corrected chi connectivity index (χ0v) is 19.9. The normalized spacial score (nSPS) is 27.4. The van der Waals surface area contributed by atoms with Gasteiger partial charge in [0.2, 0.25) is 10.0 Å². The molecular weight excluding hydrogens is 414 g/mol. The molecule has 0 aromatic heterocycles. The molecule has 3 aliphatic heterocycles. The Morgan fingerprint density at radius 1 is 0.968 bits per heavy atom. The fraction of sp³-hybridized carbons (Fsp3) is 0.696. The summed E-state index contributed by atoms with van der Waals surface area (Å²) in [6.45, 7) is 8.25. The summed E-state index contributed by atoms with van der Waals surface area (Å²) in [6.07, 6.45) is 5.21. The first-order valence-corrected chi connectivity index (χ1v) is 13.2. The van der Waals surface area contributed by atoms with Gasteiger partial charge in [0.15, 0.2) is 0 Å². The lowest BCUT2D eigenvalue weighted by molar-refractivity contribution is 0.00584. The van der Waals surface area contributed by atoms with Crippen LogP contribution in [0.15, 0.2) is 24.3 Å². The molecule has 0 N–H and O–H groups in total. The highest BCUT2D eigenvalue weighted by Gasteiger charge is 2.45. The fourth-order valence-electron chi connectivity index (χ4n) is 5.30. The highest BCUT2D eigenvalue weighted by atomic mass is 32.2. The lowest BCUT2D eigenvalue weighted by Gasteiger charge is -2.40. The van der Waals surface area contributed by atoms with Gasteiger partial charge < -0.3 is 14.5 Å². The number of fused-ring (bicyclic) bond motifs is 2. The molecular formula is C23H35N3O4S. The van der Waals surface area contributed by atoms with Crippen molar-refractivity contribution in [3.63, 3.8) is 0 Å². The van der Waals surface area contributed by atoms with E-state index < -0.39 is 15.6 Å². The van der Waals surface area contributed by atoms with E-state index in [9.17, 15) is 13.2 Å². The topological polar surface area (TPSA) is 70.2 Å². The summed E-state index contributed by atoms with van der Waals surface area (Å²) in [7, 11) is -3.11. The van der Waals surface area contributed by atoms with Gasteiger partial charge in [0.1, 0.15) is 5.60 Å². The molecule has 1 amide bonds. The first-order valence-electron chi connectivity index (χ1n) is 11.3. The van der Waals surface area contributed by atoms with Gasteiger partial charge >= 0.3 is 6.09 Å². The number of rotatable bonds is 3. The maximum Gasteiger partial charge on any atom is 0.410 e. The summed E-state index contributed by atoms with van der Waals surface area (Å²) < 4.78 is 30.6. The fourth-order valence-corrected chi connectivity index (χ4v) is 6.12. The van der Waals surface area contributed by atoms with Crippen molar-refractivity contribution in [1.29, 1.82) is 0 Å². The van der Waals surface area contributed by atoms with Crippen LogP contribution in [0.5, 0.6) is 0 Å². The number of sulfonamides is 1. The van der Waals surface area contributed by atoms with Crippen molar-refractivity contribution in [2.24, 2.45) is 0 Å². The van der Waals surface area contributed by atoms with Crippen molar-refractivity contribution in [3.05, 3.63) is 29.8 Å². The number of piperidine rings is 1. The lowest BCUT2D eigenvalue weighted by atomic mass is 9.85. The molecule has 3 heterocycles. The number of piperazine rings is 1. The highest BCUT2D eigenvalue weighted by Crippen LogP contribution is 2.43. The van der Waals surface area contributed by atoms with Crippen molar-refractivity contribution < 1.29 is 17.9 Å². The summed E-state index contributed by atoms with van der Waals surface area (Å²) in [6, 6.07) is 9.28. The quantitative estimate of drug-likeness (QED) is 0.707. The molecule has 7 nitrogen and oxygen atoms in total. The van der Waals surface area contributed by atoms with Gasteiger partial charge in [-0.05, 0) is 70.1 Å². The van der Waals surface area contributed by atoms with Gasteiger partial charge in [-0.1, -0.05) is 12.1 Å². The minimum atomic E-state index is -3.11. The highest BCUT2D eigenvalue weighted by molar-refractivity contribution is 7.88. The Hall–Kier alpha value is -1.80. The number of carbonyl (C=O) groups is 1. The van der Waals surface area contributed by atoms with Crippen LogP contribution in [0.25, 0.3) is 0 Å². The van der Waals surface area contributed by atoms with Crippen LogP contribution in [-0.4, -0.2) is 73.8 Å². The van der Waals surface area contributed by atoms with E-state index in [1.807, 2.05) is 25.7 Å². The van der Waals surface area contributed by atoms with E-state index in [0.717, 1.165) is 31.4 Å². The molecule has 0 radical (unpaired) electrons. The summed E-state index contributed by atoms with van der Waals surface area (Å²) in [5.74, 6) is 0.465. The summed E-state index contributed by atoms with van der Waals surface area (Å²) in [4.78, 5) is 16.9. The molecule has 4 rings (SSSR count). The van der Waals surface area contributed by atoms with Gasteiger partial charge in [0.05, 0.1) is 6.26 Å². The third kappa shape index (κ3) is 5.00. The van der Waals surface area contributed by atoms with Gasteiger partial charge in [-0.15, -0.1) is 0 Å². The molecule has 0 spiro atoms. The van der Waals surface area contributed by atoms with Crippen molar-refractivity contribution in [1.82, 2.24) is 9.21 Å². The molecule has 0 saturated carbocycles. The Bertz CT molecular complexity index is 888. The second-order valence-corrected chi connectivity index (χ2v) is 12.2. The number of anilines is 1. The van der Waals surface area contributed by atoms with Gasteiger partial charge in [0.25, 0.3) is 0 Å². The van der Waals surface area contributed by atoms with Gasteiger partial charge in [-0.2, -0.15) is 4.31 Å². The van der Waals surface area contributed by atoms with Crippen molar-refractivity contribution >= 4 is 21.8 Å². The smallest absolute Gasteiger partial charge is 0.410 e. The second kappa shape index (κ2) is 8.28. The first kappa shape index (κ1) is 22.4. The van der Waals surface area contributed by atoms with Crippen LogP contribution in [-0.2, 0) is 14.8 Å². The second-order valence-electron chi connectivity index (χ2n) is 10.2. The van der Waals surface area contributed by atoms with Crippen LogP contribution in [0.2, 0.25) is 0 Å². The molecule has 3 saturated heterocycles. The summed E-state index contributed by atoms with van der Waals surface area (Å²) in [5, 5.41) is 0. The average molecular weight is 450 g/mol. The standard InChI is InChI=1S/C23H35N3O4S/c1-23(2,3)30-22(27)26-20-9-10-21(26)16-18(15-20)17-5-7-19(8-6-17)24-11-13-25(14-12-24)31(4,28)29/h5-8,18,20-21H,9-16H2,1-4H3. The number of hydrogen-bond acceptors (Lipinski definition) is 5. The van der Waals surface area contributed by atoms with Crippen LogP contribution >= 0.6 is 0 Å². The van der Waals surface area contributed by atoms with Crippen molar-refractivity contribution in [3.8, 4) is 0 Å². The Balaban J connectivity index is 1.37. The predicted molar refractivity (Wildman–Crippen MR) is 122 cm³/mol. The minimum Gasteiger partial charge on any atom is -0.444 e. The summed E-state index contributed by atoms with van der Waals surface area (Å²) in [5.41, 5.74) is 2.01. The molecule has 2 unspecified atom stereocenters. The Labute approximate surface area is 186 Å². The number of ether oxygens (including phenoxy) is 1. The van der Waals surface area contributed by atoms with E-state index in [1.54, 1.807) is 4.31 Å². The van der Waals surface area contributed by atoms with Crippen LogP contribution in [0.3, 0.4) is 0 Å². The SMILES string of the molecule is CC(C)(C)OC(=O)N1C2CCC1CC(c1ccc(N3CCN(S(C)(=O)=O)CC3)cc1)C2. The van der Waals surface area contributed by atoms with E-state index >= 15 is 0 Å². The third-order valence-corrected chi connectivity index (χ3v) is 8.08. The molecule has 2 atom stereocenters. The maximum atomic E-state index is 12.7. The number of amides is 1. The van der Waals surface area contributed by atoms with Crippen LogP contribution < -0.4 is 4.90 Å². The van der Waals surface area contributed by atoms with Crippen molar-refractivity contribution in [2.75, 3.05) is 37.3 Å². The Morgan fingerprint density at radius 3 is 2.00 bits per heavy atom. The van der Waals surface area contributed by atoms with Crippen LogP contribution in [0, 0.1) is 0 Å². The Morgan fingerprint density at radius 2 is 1.52 bits per heavy atom. The largest absolute Gasteiger partial charge is 0.444 e. The predicted octanol–water partition coefficient (Wildman–Crippen LogP) is 3.41. The summed E-state index contributed by atoms with van der Waals surface area (Å²) >= 11 is 0. The van der Waals surface area contributed by atoms with Crippen LogP contribution in [0.1, 0.15) is 57.9 Å². The molecule has 172 valence electrons. The minimum absolute atomic E-state index is 0.165. The molecule has 8 heteroatoms. The van der Waals surface area contributed by atoms with Gasteiger partial charge in [0, 0.05) is 44.0 Å². The van der Waals surface area contributed by atoms with Crippen LogP contribution in [0.4, 0.5) is 10.5 Å². The zero-order chi connectivity index (χ0) is 22.4. The zero-order valence-electron chi connectivity index (χ0n) is 19.1. The first-order chi connectivity index (χ1) is 14.5. The number of nitrogens with zero attached hydrogens (tertiary/aromatic N) is 3.